The molecule has 17 heavy (non-hydrogen) atoms. The standard InChI is InChI=1S/C15H14N2/c16-9-14-10-5-1-3-7-12(10)15(17)13-8-4-2-6-11(13)14/h1-8H,9,16-17H2. The summed E-state index contributed by atoms with van der Waals surface area (Å²) < 4.78 is 0. The maximum atomic E-state index is 6.24. The normalized spacial score (nSPS) is 11.1. The van der Waals surface area contributed by atoms with Crippen LogP contribution in [0.3, 0.4) is 0 Å². The predicted molar refractivity (Wildman–Crippen MR) is 73.8 cm³/mol. The fraction of sp³-hybridized carbons (Fsp3) is 0.0667. The summed E-state index contributed by atoms with van der Waals surface area (Å²) in [6, 6.07) is 16.3. The molecule has 0 radical (unpaired) electrons. The molecule has 2 nitrogen and oxygen atoms in total. The van der Waals surface area contributed by atoms with E-state index >= 15 is 0 Å². The van der Waals surface area contributed by atoms with Crippen molar-refractivity contribution in [1.82, 2.24) is 0 Å². The smallest absolute Gasteiger partial charge is 0.0473 e. The number of hydrogen-bond acceptors (Lipinski definition) is 2. The maximum Gasteiger partial charge on any atom is 0.0473 e. The van der Waals surface area contributed by atoms with Crippen LogP contribution in [0.5, 0.6) is 0 Å². The zero-order valence-corrected chi connectivity index (χ0v) is 9.48. The largest absolute Gasteiger partial charge is 0.398 e. The molecule has 0 saturated carbocycles. The van der Waals surface area contributed by atoms with Gasteiger partial charge in [0.1, 0.15) is 0 Å². The lowest BCUT2D eigenvalue weighted by atomic mass is 9.95. The summed E-state index contributed by atoms with van der Waals surface area (Å²) in [6.07, 6.45) is 0. The molecule has 0 aliphatic rings. The Morgan fingerprint density at radius 2 is 1.12 bits per heavy atom. The van der Waals surface area contributed by atoms with Gasteiger partial charge in [0.2, 0.25) is 0 Å². The molecular formula is C15H14N2. The van der Waals surface area contributed by atoms with Crippen LogP contribution in [-0.2, 0) is 6.54 Å². The fourth-order valence-electron chi connectivity index (χ4n) is 2.47. The third kappa shape index (κ3) is 1.38. The molecule has 0 aliphatic carbocycles. The Kier molecular flexibility index (Phi) is 2.23. The first-order chi connectivity index (χ1) is 8.33. The van der Waals surface area contributed by atoms with E-state index in [0.717, 1.165) is 27.2 Å². The lowest BCUT2D eigenvalue weighted by Gasteiger charge is -2.12. The van der Waals surface area contributed by atoms with E-state index in [9.17, 15) is 0 Å². The van der Waals surface area contributed by atoms with Crippen molar-refractivity contribution in [2.75, 3.05) is 5.73 Å². The van der Waals surface area contributed by atoms with Crippen molar-refractivity contribution in [3.05, 3.63) is 54.1 Å². The van der Waals surface area contributed by atoms with Crippen LogP contribution in [0.1, 0.15) is 5.56 Å². The van der Waals surface area contributed by atoms with Gasteiger partial charge in [-0.3, -0.25) is 0 Å². The molecular weight excluding hydrogens is 208 g/mol. The molecule has 0 bridgehead atoms. The SMILES string of the molecule is NCc1c2ccccc2c(N)c2ccccc12. The molecule has 0 saturated heterocycles. The van der Waals surface area contributed by atoms with Gasteiger partial charge in [0.05, 0.1) is 0 Å². The van der Waals surface area contributed by atoms with Gasteiger partial charge in [-0.15, -0.1) is 0 Å². The summed E-state index contributed by atoms with van der Waals surface area (Å²) >= 11 is 0. The second-order valence-electron chi connectivity index (χ2n) is 4.19. The summed E-state index contributed by atoms with van der Waals surface area (Å²) in [5, 5.41) is 4.50. The van der Waals surface area contributed by atoms with E-state index < -0.39 is 0 Å². The highest BCUT2D eigenvalue weighted by Gasteiger charge is 2.09. The van der Waals surface area contributed by atoms with Crippen molar-refractivity contribution in [3.63, 3.8) is 0 Å². The highest BCUT2D eigenvalue weighted by Crippen LogP contribution is 2.34. The van der Waals surface area contributed by atoms with Crippen LogP contribution in [0.25, 0.3) is 21.5 Å². The average molecular weight is 222 g/mol. The van der Waals surface area contributed by atoms with E-state index in [1.165, 1.54) is 5.56 Å². The molecule has 4 N–H and O–H groups in total. The van der Waals surface area contributed by atoms with Crippen LogP contribution in [0.2, 0.25) is 0 Å². The highest BCUT2D eigenvalue weighted by molar-refractivity contribution is 6.12. The van der Waals surface area contributed by atoms with Crippen LogP contribution in [-0.4, -0.2) is 0 Å². The minimum atomic E-state index is 0.529. The number of hydrogen-bond donors (Lipinski definition) is 2. The van der Waals surface area contributed by atoms with Crippen molar-refractivity contribution >= 4 is 27.2 Å². The van der Waals surface area contributed by atoms with Crippen LogP contribution in [0.4, 0.5) is 5.69 Å². The second kappa shape index (κ2) is 3.75. The minimum Gasteiger partial charge on any atom is -0.398 e. The first-order valence-electron chi connectivity index (χ1n) is 5.71. The molecule has 0 aromatic heterocycles. The second-order valence-corrected chi connectivity index (χ2v) is 4.19. The third-order valence-electron chi connectivity index (χ3n) is 3.29. The molecule has 3 rings (SSSR count). The molecule has 0 unspecified atom stereocenters. The molecule has 0 atom stereocenters. The van der Waals surface area contributed by atoms with Gasteiger partial charge in [0.15, 0.2) is 0 Å². The lowest BCUT2D eigenvalue weighted by Crippen LogP contribution is -2.01. The van der Waals surface area contributed by atoms with Gasteiger partial charge in [-0.05, 0) is 16.3 Å². The maximum absolute atomic E-state index is 6.24. The molecule has 3 aromatic carbocycles. The van der Waals surface area contributed by atoms with Gasteiger partial charge >= 0.3 is 0 Å². The monoisotopic (exact) mass is 222 g/mol. The third-order valence-corrected chi connectivity index (χ3v) is 3.29. The first-order valence-corrected chi connectivity index (χ1v) is 5.71. The van der Waals surface area contributed by atoms with Gasteiger partial charge in [0.25, 0.3) is 0 Å². The summed E-state index contributed by atoms with van der Waals surface area (Å²) in [5.74, 6) is 0. The van der Waals surface area contributed by atoms with Crippen molar-refractivity contribution in [3.8, 4) is 0 Å². The zero-order valence-electron chi connectivity index (χ0n) is 9.48. The number of nitrogens with two attached hydrogens (primary N) is 2. The number of benzene rings is 3. The summed E-state index contributed by atoms with van der Waals surface area (Å²) in [5.41, 5.74) is 14.1. The van der Waals surface area contributed by atoms with Gasteiger partial charge in [0, 0.05) is 23.0 Å². The van der Waals surface area contributed by atoms with E-state index in [-0.39, 0.29) is 0 Å². The molecule has 3 aromatic rings. The Balaban J connectivity index is 2.63. The summed E-state index contributed by atoms with van der Waals surface area (Å²) in [7, 11) is 0. The molecule has 2 heteroatoms. The van der Waals surface area contributed by atoms with Gasteiger partial charge in [-0.1, -0.05) is 48.5 Å². The quantitative estimate of drug-likeness (QED) is 0.491. The summed E-state index contributed by atoms with van der Waals surface area (Å²) in [6.45, 7) is 0.529. The number of rotatable bonds is 1. The molecule has 0 amide bonds. The molecule has 0 spiro atoms. The number of nitrogen functional groups attached to an aromatic ring is 1. The Morgan fingerprint density at radius 3 is 1.53 bits per heavy atom. The Labute approximate surface area is 99.8 Å². The summed E-state index contributed by atoms with van der Waals surface area (Å²) in [4.78, 5) is 0. The van der Waals surface area contributed by atoms with E-state index in [4.69, 9.17) is 11.5 Å². The minimum absolute atomic E-state index is 0.529. The van der Waals surface area contributed by atoms with Gasteiger partial charge in [-0.25, -0.2) is 0 Å². The molecule has 0 fully saturated rings. The van der Waals surface area contributed by atoms with Crippen molar-refractivity contribution in [2.45, 2.75) is 6.54 Å². The van der Waals surface area contributed by atoms with Crippen LogP contribution in [0.15, 0.2) is 48.5 Å². The van der Waals surface area contributed by atoms with E-state index in [1.807, 2.05) is 24.3 Å². The fourth-order valence-corrected chi connectivity index (χ4v) is 2.47. The average Bonchev–Trinajstić information content (AvgIpc) is 2.40. The topological polar surface area (TPSA) is 52.0 Å². The molecule has 84 valence electrons. The Hall–Kier alpha value is -2.06. The van der Waals surface area contributed by atoms with E-state index in [2.05, 4.69) is 24.3 Å². The number of fused-ring (bicyclic) bond motifs is 2. The Bertz CT molecular complexity index is 645. The van der Waals surface area contributed by atoms with Gasteiger partial charge in [-0.2, -0.15) is 0 Å². The number of anilines is 1. The molecule has 0 aliphatic heterocycles. The van der Waals surface area contributed by atoms with E-state index in [1.54, 1.807) is 0 Å². The van der Waals surface area contributed by atoms with Crippen LogP contribution < -0.4 is 11.5 Å². The van der Waals surface area contributed by atoms with Gasteiger partial charge < -0.3 is 11.5 Å². The highest BCUT2D eigenvalue weighted by atomic mass is 14.6. The predicted octanol–water partition coefficient (Wildman–Crippen LogP) is 3.03. The lowest BCUT2D eigenvalue weighted by molar-refractivity contribution is 1.10. The van der Waals surface area contributed by atoms with Crippen LogP contribution in [0, 0.1) is 0 Å². The van der Waals surface area contributed by atoms with E-state index in [0.29, 0.717) is 6.54 Å². The molecule has 0 heterocycles. The van der Waals surface area contributed by atoms with Crippen molar-refractivity contribution in [2.24, 2.45) is 5.73 Å². The van der Waals surface area contributed by atoms with Crippen molar-refractivity contribution in [1.29, 1.82) is 0 Å². The first kappa shape index (κ1) is 10.1. The Morgan fingerprint density at radius 1 is 0.706 bits per heavy atom. The van der Waals surface area contributed by atoms with Crippen molar-refractivity contribution < 1.29 is 0 Å². The van der Waals surface area contributed by atoms with Crippen LogP contribution >= 0.6 is 0 Å². The zero-order chi connectivity index (χ0) is 11.8.